The number of nitrogens with zero attached hydrogens (tertiary/aromatic N) is 2. The number of fused-ring (bicyclic) bond motifs is 1. The molecule has 0 aliphatic carbocycles. The Labute approximate surface area is 102 Å². The Morgan fingerprint density at radius 2 is 2.17 bits per heavy atom. The predicted octanol–water partition coefficient (Wildman–Crippen LogP) is 1.47. The predicted molar refractivity (Wildman–Crippen MR) is 63.5 cm³/mol. The Hall–Kier alpha value is -2.18. The minimum absolute atomic E-state index is 0.0355. The van der Waals surface area contributed by atoms with E-state index in [1.807, 2.05) is 24.3 Å². The molecule has 1 aromatic carbocycles. The van der Waals surface area contributed by atoms with Crippen LogP contribution < -0.4 is 5.73 Å². The van der Waals surface area contributed by atoms with Crippen molar-refractivity contribution < 1.29 is 14.0 Å². The third-order valence-electron chi connectivity index (χ3n) is 2.67. The van der Waals surface area contributed by atoms with Gasteiger partial charge in [-0.3, -0.25) is 0 Å². The first-order chi connectivity index (χ1) is 8.79. The van der Waals surface area contributed by atoms with Gasteiger partial charge in [0.05, 0.1) is 5.56 Å². The van der Waals surface area contributed by atoms with Gasteiger partial charge in [0.1, 0.15) is 18.0 Å². The summed E-state index contributed by atoms with van der Waals surface area (Å²) in [6.07, 6.45) is 0.623. The van der Waals surface area contributed by atoms with Crippen molar-refractivity contribution in [1.29, 1.82) is 0 Å². The zero-order valence-corrected chi connectivity index (χ0v) is 9.41. The van der Waals surface area contributed by atoms with Crippen LogP contribution in [0.5, 0.6) is 0 Å². The van der Waals surface area contributed by atoms with Gasteiger partial charge in [-0.25, -0.2) is 0 Å². The number of hydrogen-bond donors (Lipinski definition) is 2. The molecule has 0 radical (unpaired) electrons. The summed E-state index contributed by atoms with van der Waals surface area (Å²) >= 11 is 0. The van der Waals surface area contributed by atoms with Gasteiger partial charge in [-0.15, -0.1) is 0 Å². The molecule has 6 heteroatoms. The highest BCUT2D eigenvalue weighted by atomic mass is 16.5. The van der Waals surface area contributed by atoms with Crippen molar-refractivity contribution in [2.45, 2.75) is 6.10 Å². The summed E-state index contributed by atoms with van der Waals surface area (Å²) in [5, 5.41) is 14.2. The van der Waals surface area contributed by atoms with Gasteiger partial charge in [0.2, 0.25) is 5.82 Å². The normalized spacial score (nSPS) is 13.0. The number of rotatable bonds is 3. The summed E-state index contributed by atoms with van der Waals surface area (Å²) in [4.78, 5) is 4.11. The maximum Gasteiger partial charge on any atom is 0.257 e. The average Bonchev–Trinajstić information content (AvgIpc) is 3.03. The fourth-order valence-corrected chi connectivity index (χ4v) is 1.73. The van der Waals surface area contributed by atoms with E-state index in [1.54, 1.807) is 6.26 Å². The van der Waals surface area contributed by atoms with Gasteiger partial charge < -0.3 is 19.8 Å². The van der Waals surface area contributed by atoms with Gasteiger partial charge in [-0.2, -0.15) is 4.98 Å². The highest BCUT2D eigenvalue weighted by molar-refractivity contribution is 5.91. The van der Waals surface area contributed by atoms with E-state index in [9.17, 15) is 5.11 Å². The fraction of sp³-hybridized carbons (Fsp3) is 0.167. The Morgan fingerprint density at radius 3 is 3.00 bits per heavy atom. The van der Waals surface area contributed by atoms with Gasteiger partial charge in [0, 0.05) is 11.9 Å². The minimum Gasteiger partial charge on any atom is -0.464 e. The Kier molecular flexibility index (Phi) is 2.58. The van der Waals surface area contributed by atoms with E-state index in [0.29, 0.717) is 5.82 Å². The maximum absolute atomic E-state index is 9.51. The van der Waals surface area contributed by atoms with Crippen LogP contribution in [0.4, 0.5) is 0 Å². The highest BCUT2D eigenvalue weighted by Crippen LogP contribution is 2.28. The molecule has 2 heterocycles. The molecular weight excluding hydrogens is 234 g/mol. The molecule has 0 aliphatic heterocycles. The lowest BCUT2D eigenvalue weighted by Gasteiger charge is -1.97. The summed E-state index contributed by atoms with van der Waals surface area (Å²) in [5.74, 6) is 0.486. The highest BCUT2D eigenvalue weighted by Gasteiger charge is 2.18. The number of furan rings is 1. The molecule has 0 amide bonds. The minimum atomic E-state index is -0.940. The SMILES string of the molecule is NC[C@H](O)c1nc(-c2coc3ccccc23)no1. The van der Waals surface area contributed by atoms with Crippen LogP contribution in [0.2, 0.25) is 0 Å². The lowest BCUT2D eigenvalue weighted by molar-refractivity contribution is 0.141. The molecule has 2 aromatic heterocycles. The zero-order chi connectivity index (χ0) is 12.5. The van der Waals surface area contributed by atoms with Crippen LogP contribution in [0.25, 0.3) is 22.4 Å². The van der Waals surface area contributed by atoms with Crippen LogP contribution in [0.3, 0.4) is 0 Å². The van der Waals surface area contributed by atoms with Gasteiger partial charge in [0.15, 0.2) is 0 Å². The Balaban J connectivity index is 2.07. The molecule has 0 fully saturated rings. The van der Waals surface area contributed by atoms with E-state index in [4.69, 9.17) is 14.7 Å². The van der Waals surface area contributed by atoms with Crippen LogP contribution in [0, 0.1) is 0 Å². The molecule has 3 aromatic rings. The van der Waals surface area contributed by atoms with E-state index in [1.165, 1.54) is 0 Å². The molecule has 6 nitrogen and oxygen atoms in total. The van der Waals surface area contributed by atoms with E-state index >= 15 is 0 Å². The van der Waals surface area contributed by atoms with Crippen LogP contribution in [0.15, 0.2) is 39.5 Å². The number of hydrogen-bond acceptors (Lipinski definition) is 6. The number of benzene rings is 1. The molecule has 0 saturated carbocycles. The van der Waals surface area contributed by atoms with Gasteiger partial charge >= 0.3 is 0 Å². The molecule has 1 atom stereocenters. The van der Waals surface area contributed by atoms with E-state index in [2.05, 4.69) is 10.1 Å². The van der Waals surface area contributed by atoms with Crippen molar-refractivity contribution in [2.24, 2.45) is 5.73 Å². The van der Waals surface area contributed by atoms with Gasteiger partial charge in [0.25, 0.3) is 5.89 Å². The second kappa shape index (κ2) is 4.25. The van der Waals surface area contributed by atoms with E-state index < -0.39 is 6.10 Å². The van der Waals surface area contributed by atoms with Gasteiger partial charge in [-0.05, 0) is 6.07 Å². The second-order valence-electron chi connectivity index (χ2n) is 3.85. The van der Waals surface area contributed by atoms with Crippen molar-refractivity contribution in [2.75, 3.05) is 6.54 Å². The lowest BCUT2D eigenvalue weighted by atomic mass is 10.2. The zero-order valence-electron chi connectivity index (χ0n) is 9.41. The van der Waals surface area contributed by atoms with E-state index in [-0.39, 0.29) is 12.4 Å². The summed E-state index contributed by atoms with van der Waals surface area (Å²) in [6, 6.07) is 7.55. The first kappa shape index (κ1) is 10.9. The molecule has 0 saturated heterocycles. The number of aromatic nitrogens is 2. The van der Waals surface area contributed by atoms with Crippen molar-refractivity contribution in [3.63, 3.8) is 0 Å². The first-order valence-corrected chi connectivity index (χ1v) is 5.48. The van der Waals surface area contributed by atoms with Crippen LogP contribution in [0.1, 0.15) is 12.0 Å². The molecule has 0 bridgehead atoms. The van der Waals surface area contributed by atoms with Crippen molar-refractivity contribution >= 4 is 11.0 Å². The van der Waals surface area contributed by atoms with Crippen molar-refractivity contribution in [3.05, 3.63) is 36.4 Å². The summed E-state index contributed by atoms with van der Waals surface area (Å²) in [7, 11) is 0. The molecule has 0 spiro atoms. The third kappa shape index (κ3) is 1.68. The second-order valence-corrected chi connectivity index (χ2v) is 3.85. The van der Waals surface area contributed by atoms with Crippen LogP contribution >= 0.6 is 0 Å². The van der Waals surface area contributed by atoms with Crippen LogP contribution in [-0.2, 0) is 0 Å². The third-order valence-corrected chi connectivity index (χ3v) is 2.67. The molecular formula is C12H11N3O3. The van der Waals surface area contributed by atoms with Crippen molar-refractivity contribution in [1.82, 2.24) is 10.1 Å². The number of para-hydroxylation sites is 1. The number of nitrogens with two attached hydrogens (primary N) is 1. The Morgan fingerprint density at radius 1 is 1.33 bits per heavy atom. The van der Waals surface area contributed by atoms with Crippen molar-refractivity contribution in [3.8, 4) is 11.4 Å². The molecule has 0 unspecified atom stereocenters. The molecule has 3 N–H and O–H groups in total. The Bertz CT molecular complexity index is 674. The molecule has 18 heavy (non-hydrogen) atoms. The smallest absolute Gasteiger partial charge is 0.257 e. The van der Waals surface area contributed by atoms with Crippen LogP contribution in [-0.4, -0.2) is 21.8 Å². The molecule has 3 rings (SSSR count). The summed E-state index contributed by atoms with van der Waals surface area (Å²) < 4.78 is 10.3. The lowest BCUT2D eigenvalue weighted by Crippen LogP contribution is -2.11. The summed E-state index contributed by atoms with van der Waals surface area (Å²) in [5.41, 5.74) is 6.80. The topological polar surface area (TPSA) is 98.3 Å². The average molecular weight is 245 g/mol. The molecule has 92 valence electrons. The molecule has 0 aliphatic rings. The summed E-state index contributed by atoms with van der Waals surface area (Å²) in [6.45, 7) is 0.0355. The quantitative estimate of drug-likeness (QED) is 0.725. The number of aliphatic hydroxyl groups excluding tert-OH is 1. The monoisotopic (exact) mass is 245 g/mol. The van der Waals surface area contributed by atoms with E-state index in [0.717, 1.165) is 16.5 Å². The number of aliphatic hydroxyl groups is 1. The fourth-order valence-electron chi connectivity index (χ4n) is 1.73. The van der Waals surface area contributed by atoms with Gasteiger partial charge in [-0.1, -0.05) is 23.4 Å². The standard InChI is InChI=1S/C12H11N3O3/c13-5-9(16)12-14-11(15-18-12)8-6-17-10-4-2-1-3-7(8)10/h1-4,6,9,16H,5,13H2/t9-/m0/s1. The first-order valence-electron chi connectivity index (χ1n) is 5.48. The maximum atomic E-state index is 9.51. The largest absolute Gasteiger partial charge is 0.464 e.